The second-order valence-electron chi connectivity index (χ2n) is 4.08. The zero-order chi connectivity index (χ0) is 15.4. The highest BCUT2D eigenvalue weighted by molar-refractivity contribution is 6.31. The molecule has 0 aliphatic heterocycles. The number of aromatic nitrogens is 1. The van der Waals surface area contributed by atoms with Crippen LogP contribution in [0.5, 0.6) is 0 Å². The van der Waals surface area contributed by atoms with E-state index in [0.717, 1.165) is 0 Å². The van der Waals surface area contributed by atoms with Crippen LogP contribution in [0, 0.1) is 0 Å². The summed E-state index contributed by atoms with van der Waals surface area (Å²) in [7, 11) is 1.24. The molecule has 2 rings (SSSR count). The second kappa shape index (κ2) is 6.23. The van der Waals surface area contributed by atoms with Crippen molar-refractivity contribution in [3.63, 3.8) is 0 Å². The molecular formula is C14H11ClN2O4. The Balaban J connectivity index is 2.32. The van der Waals surface area contributed by atoms with Crippen LogP contribution >= 0.6 is 11.6 Å². The van der Waals surface area contributed by atoms with Gasteiger partial charge in [-0.05, 0) is 24.3 Å². The largest absolute Gasteiger partial charge is 0.465 e. The number of anilines is 1. The lowest BCUT2D eigenvalue weighted by Crippen LogP contribution is -2.17. The van der Waals surface area contributed by atoms with Crippen LogP contribution in [0.1, 0.15) is 20.7 Å². The molecule has 6 nitrogen and oxygen atoms in total. The number of hydrogen-bond donors (Lipinski definition) is 2. The van der Waals surface area contributed by atoms with Gasteiger partial charge in [-0.1, -0.05) is 11.6 Å². The molecule has 1 aromatic heterocycles. The highest BCUT2D eigenvalue weighted by Crippen LogP contribution is 2.22. The van der Waals surface area contributed by atoms with Crippen molar-refractivity contribution in [3.8, 4) is 0 Å². The maximum Gasteiger partial charge on any atom is 0.339 e. The van der Waals surface area contributed by atoms with Crippen molar-refractivity contribution >= 4 is 29.2 Å². The van der Waals surface area contributed by atoms with Crippen LogP contribution in [0.15, 0.2) is 41.3 Å². The lowest BCUT2D eigenvalue weighted by Gasteiger charge is -2.10. The lowest BCUT2D eigenvalue weighted by atomic mass is 10.1. The smallest absolute Gasteiger partial charge is 0.339 e. The summed E-state index contributed by atoms with van der Waals surface area (Å²) in [6.07, 6.45) is 1.28. The van der Waals surface area contributed by atoms with E-state index in [-0.39, 0.29) is 22.4 Å². The molecular weight excluding hydrogens is 296 g/mol. The van der Waals surface area contributed by atoms with E-state index in [1.165, 1.54) is 43.6 Å². The summed E-state index contributed by atoms with van der Waals surface area (Å²) in [4.78, 5) is 37.1. The first kappa shape index (κ1) is 14.8. The molecule has 0 aliphatic carbocycles. The second-order valence-corrected chi connectivity index (χ2v) is 4.51. The van der Waals surface area contributed by atoms with Gasteiger partial charge in [0.25, 0.3) is 5.91 Å². The summed E-state index contributed by atoms with van der Waals surface area (Å²) in [5, 5.41) is 2.92. The number of methoxy groups -OCH3 is 1. The normalized spacial score (nSPS) is 10.0. The molecule has 1 aromatic carbocycles. The first-order valence-corrected chi connectivity index (χ1v) is 6.27. The van der Waals surface area contributed by atoms with Gasteiger partial charge in [0.1, 0.15) is 0 Å². The molecule has 2 N–H and O–H groups in total. The molecule has 0 saturated carbocycles. The third-order valence-corrected chi connectivity index (χ3v) is 2.92. The molecule has 1 amide bonds. The predicted octanol–water partition coefficient (Wildman–Crippen LogP) is 2.07. The molecule has 21 heavy (non-hydrogen) atoms. The highest BCUT2D eigenvalue weighted by Gasteiger charge is 2.15. The van der Waals surface area contributed by atoms with Crippen LogP contribution in [-0.4, -0.2) is 24.0 Å². The standard InChI is InChI=1S/C14H11ClN2O4/c1-21-14(20)10-4-3-9(15)6-11(10)17-13(19)8-2-5-12(18)16-7-8/h2-7H,1H3,(H,16,18)(H,17,19). The van der Waals surface area contributed by atoms with Crippen molar-refractivity contribution in [1.29, 1.82) is 0 Å². The number of nitrogens with one attached hydrogen (secondary N) is 2. The molecule has 0 unspecified atom stereocenters. The van der Waals surface area contributed by atoms with Crippen LogP contribution in [0.2, 0.25) is 5.02 Å². The average Bonchev–Trinajstić information content (AvgIpc) is 2.47. The number of hydrogen-bond acceptors (Lipinski definition) is 4. The Labute approximate surface area is 124 Å². The summed E-state index contributed by atoms with van der Waals surface area (Å²) < 4.78 is 4.64. The highest BCUT2D eigenvalue weighted by atomic mass is 35.5. The van der Waals surface area contributed by atoms with E-state index < -0.39 is 11.9 Å². The van der Waals surface area contributed by atoms with Gasteiger partial charge in [-0.3, -0.25) is 9.59 Å². The first-order chi connectivity index (χ1) is 10.0. The number of pyridine rings is 1. The van der Waals surface area contributed by atoms with Crippen molar-refractivity contribution in [2.45, 2.75) is 0 Å². The number of amides is 1. The number of aromatic amines is 1. The van der Waals surface area contributed by atoms with Crippen LogP contribution in [0.25, 0.3) is 0 Å². The molecule has 7 heteroatoms. The molecule has 0 radical (unpaired) electrons. The van der Waals surface area contributed by atoms with Gasteiger partial charge in [-0.15, -0.1) is 0 Å². The minimum absolute atomic E-state index is 0.180. The van der Waals surface area contributed by atoms with E-state index >= 15 is 0 Å². The van der Waals surface area contributed by atoms with Crippen molar-refractivity contribution in [2.24, 2.45) is 0 Å². The number of carbonyl (C=O) groups excluding carboxylic acids is 2. The number of esters is 1. The summed E-state index contributed by atoms with van der Waals surface area (Å²) in [6.45, 7) is 0. The maximum atomic E-state index is 12.1. The quantitative estimate of drug-likeness (QED) is 0.850. The van der Waals surface area contributed by atoms with Crippen LogP contribution < -0.4 is 10.9 Å². The van der Waals surface area contributed by atoms with Gasteiger partial charge in [0.05, 0.1) is 23.9 Å². The topological polar surface area (TPSA) is 88.3 Å². The molecule has 0 aliphatic rings. The number of rotatable bonds is 3. The van der Waals surface area contributed by atoms with E-state index in [4.69, 9.17) is 11.6 Å². The number of benzene rings is 1. The fraction of sp³-hybridized carbons (Fsp3) is 0.0714. The fourth-order valence-electron chi connectivity index (χ4n) is 1.65. The van der Waals surface area contributed by atoms with E-state index in [1.807, 2.05) is 0 Å². The zero-order valence-corrected chi connectivity index (χ0v) is 11.7. The summed E-state index contributed by atoms with van der Waals surface area (Å²) in [6, 6.07) is 7.02. The SMILES string of the molecule is COC(=O)c1ccc(Cl)cc1NC(=O)c1ccc(=O)[nH]c1. The number of halogens is 1. The van der Waals surface area contributed by atoms with Gasteiger partial charge in [0, 0.05) is 17.3 Å². The Hall–Kier alpha value is -2.60. The molecule has 2 aromatic rings. The van der Waals surface area contributed by atoms with E-state index in [1.54, 1.807) is 0 Å². The monoisotopic (exact) mass is 306 g/mol. The van der Waals surface area contributed by atoms with Gasteiger partial charge < -0.3 is 15.0 Å². The summed E-state index contributed by atoms with van der Waals surface area (Å²) in [5.74, 6) is -1.08. The predicted molar refractivity (Wildman–Crippen MR) is 77.8 cm³/mol. The van der Waals surface area contributed by atoms with Gasteiger partial charge in [-0.25, -0.2) is 4.79 Å². The molecule has 0 spiro atoms. The Morgan fingerprint density at radius 3 is 2.62 bits per heavy atom. The summed E-state index contributed by atoms with van der Waals surface area (Å²) >= 11 is 5.86. The molecule has 108 valence electrons. The van der Waals surface area contributed by atoms with E-state index in [9.17, 15) is 14.4 Å². The van der Waals surface area contributed by atoms with Crippen LogP contribution in [0.4, 0.5) is 5.69 Å². The fourth-order valence-corrected chi connectivity index (χ4v) is 1.83. The molecule has 0 fully saturated rings. The lowest BCUT2D eigenvalue weighted by molar-refractivity contribution is 0.0602. The maximum absolute atomic E-state index is 12.1. The number of ether oxygens (including phenoxy) is 1. The van der Waals surface area contributed by atoms with Crippen molar-refractivity contribution in [1.82, 2.24) is 4.98 Å². The molecule has 0 atom stereocenters. The number of carbonyl (C=O) groups is 2. The Bertz CT molecular complexity index is 734. The van der Waals surface area contributed by atoms with Crippen molar-refractivity contribution in [3.05, 3.63) is 63.0 Å². The van der Waals surface area contributed by atoms with Crippen LogP contribution in [-0.2, 0) is 4.74 Å². The number of H-pyrrole nitrogens is 1. The average molecular weight is 307 g/mol. The Morgan fingerprint density at radius 1 is 1.24 bits per heavy atom. The third kappa shape index (κ3) is 3.49. The molecule has 0 saturated heterocycles. The van der Waals surface area contributed by atoms with Crippen LogP contribution in [0.3, 0.4) is 0 Å². The minimum atomic E-state index is -0.594. The van der Waals surface area contributed by atoms with E-state index in [2.05, 4.69) is 15.0 Å². The zero-order valence-electron chi connectivity index (χ0n) is 11.0. The van der Waals surface area contributed by atoms with Gasteiger partial charge >= 0.3 is 5.97 Å². The van der Waals surface area contributed by atoms with Crippen molar-refractivity contribution < 1.29 is 14.3 Å². The molecule has 1 heterocycles. The Morgan fingerprint density at radius 2 is 2.00 bits per heavy atom. The summed E-state index contributed by atoms with van der Waals surface area (Å²) in [5.41, 5.74) is 0.333. The Kier molecular flexibility index (Phi) is 4.39. The van der Waals surface area contributed by atoms with E-state index in [0.29, 0.717) is 5.02 Å². The van der Waals surface area contributed by atoms with Gasteiger partial charge in [0.15, 0.2) is 0 Å². The third-order valence-electron chi connectivity index (χ3n) is 2.68. The minimum Gasteiger partial charge on any atom is -0.465 e. The van der Waals surface area contributed by atoms with Crippen molar-refractivity contribution in [2.75, 3.05) is 12.4 Å². The van der Waals surface area contributed by atoms with Gasteiger partial charge in [0.2, 0.25) is 5.56 Å². The first-order valence-electron chi connectivity index (χ1n) is 5.89. The molecule has 0 bridgehead atoms. The van der Waals surface area contributed by atoms with Gasteiger partial charge in [-0.2, -0.15) is 0 Å².